The first kappa shape index (κ1) is 15.4. The standard InChI is InChI=1S/C12H10F3N5O2/c13-12(14,15)6-1-3-7(4-2-6)19-11(22)20-10-8(9(16)21)17-5-18-10/h1-5H,(H2,16,21)(H,17,18)(H2,19,20,22). The minimum atomic E-state index is -4.45. The number of imidazole rings is 1. The van der Waals surface area contributed by atoms with Gasteiger partial charge in [0, 0.05) is 5.69 Å². The average molecular weight is 313 g/mol. The van der Waals surface area contributed by atoms with E-state index in [-0.39, 0.29) is 17.2 Å². The van der Waals surface area contributed by atoms with Crippen molar-refractivity contribution < 1.29 is 22.8 Å². The molecule has 0 atom stereocenters. The number of anilines is 2. The first-order valence-electron chi connectivity index (χ1n) is 5.86. The zero-order valence-electron chi connectivity index (χ0n) is 10.9. The van der Waals surface area contributed by atoms with Crippen LogP contribution in [-0.2, 0) is 6.18 Å². The third kappa shape index (κ3) is 3.53. The summed E-state index contributed by atoms with van der Waals surface area (Å²) in [6.07, 6.45) is -3.29. The first-order chi connectivity index (χ1) is 10.3. The minimum Gasteiger partial charge on any atom is -0.364 e. The SMILES string of the molecule is NC(=O)c1[nH]cnc1NC(=O)Nc1ccc(C(F)(F)F)cc1. The van der Waals surface area contributed by atoms with E-state index in [1.54, 1.807) is 0 Å². The van der Waals surface area contributed by atoms with Crippen LogP contribution in [0, 0.1) is 0 Å². The quantitative estimate of drug-likeness (QED) is 0.696. The normalized spacial score (nSPS) is 11.0. The van der Waals surface area contributed by atoms with Gasteiger partial charge in [-0.15, -0.1) is 0 Å². The van der Waals surface area contributed by atoms with Gasteiger partial charge in [-0.2, -0.15) is 13.2 Å². The van der Waals surface area contributed by atoms with Crippen molar-refractivity contribution in [1.29, 1.82) is 0 Å². The van der Waals surface area contributed by atoms with Crippen molar-refractivity contribution in [1.82, 2.24) is 9.97 Å². The molecule has 116 valence electrons. The number of primary amides is 1. The van der Waals surface area contributed by atoms with Gasteiger partial charge in [0.15, 0.2) is 5.82 Å². The van der Waals surface area contributed by atoms with Crippen LogP contribution in [0.1, 0.15) is 16.1 Å². The van der Waals surface area contributed by atoms with E-state index in [1.807, 2.05) is 0 Å². The van der Waals surface area contributed by atoms with Crippen molar-refractivity contribution in [2.45, 2.75) is 6.18 Å². The van der Waals surface area contributed by atoms with Crippen LogP contribution in [0.3, 0.4) is 0 Å². The highest BCUT2D eigenvalue weighted by Crippen LogP contribution is 2.29. The Hall–Kier alpha value is -3.04. The number of H-pyrrole nitrogens is 1. The molecule has 0 radical (unpaired) electrons. The molecule has 5 N–H and O–H groups in total. The second-order valence-corrected chi connectivity index (χ2v) is 4.14. The first-order valence-corrected chi connectivity index (χ1v) is 5.86. The Bertz CT molecular complexity index is 694. The van der Waals surface area contributed by atoms with E-state index in [9.17, 15) is 22.8 Å². The number of hydrogen-bond donors (Lipinski definition) is 4. The third-order valence-corrected chi connectivity index (χ3v) is 2.59. The molecule has 0 fully saturated rings. The minimum absolute atomic E-state index is 0.0862. The van der Waals surface area contributed by atoms with E-state index < -0.39 is 23.7 Å². The summed E-state index contributed by atoms with van der Waals surface area (Å²) < 4.78 is 37.2. The molecule has 2 aromatic rings. The molecular weight excluding hydrogens is 303 g/mol. The van der Waals surface area contributed by atoms with Crippen LogP contribution < -0.4 is 16.4 Å². The summed E-state index contributed by atoms with van der Waals surface area (Å²) in [6, 6.07) is 3.08. The fourth-order valence-corrected chi connectivity index (χ4v) is 1.59. The molecule has 7 nitrogen and oxygen atoms in total. The van der Waals surface area contributed by atoms with Gasteiger partial charge in [-0.1, -0.05) is 0 Å². The lowest BCUT2D eigenvalue weighted by molar-refractivity contribution is -0.137. The van der Waals surface area contributed by atoms with Gasteiger partial charge in [-0.25, -0.2) is 9.78 Å². The van der Waals surface area contributed by atoms with Crippen molar-refractivity contribution in [3.63, 3.8) is 0 Å². The van der Waals surface area contributed by atoms with Crippen LogP contribution in [0.5, 0.6) is 0 Å². The molecule has 0 aliphatic heterocycles. The van der Waals surface area contributed by atoms with Crippen LogP contribution in [-0.4, -0.2) is 21.9 Å². The number of urea groups is 1. The van der Waals surface area contributed by atoms with Crippen molar-refractivity contribution in [2.75, 3.05) is 10.6 Å². The number of alkyl halides is 3. The van der Waals surface area contributed by atoms with Crippen LogP contribution in [0.2, 0.25) is 0 Å². The number of amides is 3. The second-order valence-electron chi connectivity index (χ2n) is 4.14. The Balaban J connectivity index is 2.03. The number of aromatic amines is 1. The number of nitrogens with zero attached hydrogens (tertiary/aromatic N) is 1. The maximum Gasteiger partial charge on any atom is 0.416 e. The fourth-order valence-electron chi connectivity index (χ4n) is 1.59. The van der Waals surface area contributed by atoms with Crippen LogP contribution in [0.25, 0.3) is 0 Å². The Kier molecular flexibility index (Phi) is 4.02. The lowest BCUT2D eigenvalue weighted by atomic mass is 10.2. The van der Waals surface area contributed by atoms with E-state index in [1.165, 1.54) is 0 Å². The number of benzene rings is 1. The van der Waals surface area contributed by atoms with Crippen molar-refractivity contribution >= 4 is 23.4 Å². The molecular formula is C12H10F3N5O2. The lowest BCUT2D eigenvalue weighted by Crippen LogP contribution is -2.22. The number of hydrogen-bond acceptors (Lipinski definition) is 3. The molecule has 1 aromatic carbocycles. The second kappa shape index (κ2) is 5.76. The van der Waals surface area contributed by atoms with Crippen molar-refractivity contribution in [3.8, 4) is 0 Å². The molecule has 2 rings (SSSR count). The maximum atomic E-state index is 12.4. The average Bonchev–Trinajstić information content (AvgIpc) is 2.86. The van der Waals surface area contributed by atoms with Gasteiger partial charge < -0.3 is 16.0 Å². The number of nitrogens with one attached hydrogen (secondary N) is 3. The number of halogens is 3. The summed E-state index contributed by atoms with van der Waals surface area (Å²) in [6.45, 7) is 0. The highest BCUT2D eigenvalue weighted by molar-refractivity contribution is 6.04. The van der Waals surface area contributed by atoms with E-state index in [2.05, 4.69) is 20.6 Å². The number of aromatic nitrogens is 2. The molecule has 3 amide bonds. The summed E-state index contributed by atoms with van der Waals surface area (Å²) >= 11 is 0. The molecule has 1 heterocycles. The maximum absolute atomic E-state index is 12.4. The van der Waals surface area contributed by atoms with Gasteiger partial charge in [0.05, 0.1) is 11.9 Å². The van der Waals surface area contributed by atoms with Gasteiger partial charge in [0.25, 0.3) is 5.91 Å². The molecule has 0 saturated carbocycles. The van der Waals surface area contributed by atoms with Crippen molar-refractivity contribution in [2.24, 2.45) is 5.73 Å². The Morgan fingerprint density at radius 3 is 2.32 bits per heavy atom. The van der Waals surface area contributed by atoms with Crippen LogP contribution in [0.15, 0.2) is 30.6 Å². The summed E-state index contributed by atoms with van der Waals surface area (Å²) in [7, 11) is 0. The highest BCUT2D eigenvalue weighted by atomic mass is 19.4. The molecule has 0 unspecified atom stereocenters. The predicted molar refractivity (Wildman–Crippen MR) is 71.2 cm³/mol. The monoisotopic (exact) mass is 313 g/mol. The van der Waals surface area contributed by atoms with E-state index >= 15 is 0 Å². The smallest absolute Gasteiger partial charge is 0.364 e. The largest absolute Gasteiger partial charge is 0.416 e. The predicted octanol–water partition coefficient (Wildman–Crippen LogP) is 2.17. The van der Waals surface area contributed by atoms with E-state index in [0.29, 0.717) is 0 Å². The van der Waals surface area contributed by atoms with E-state index in [0.717, 1.165) is 30.6 Å². The zero-order valence-corrected chi connectivity index (χ0v) is 10.9. The fraction of sp³-hybridized carbons (Fsp3) is 0.0833. The van der Waals surface area contributed by atoms with Crippen LogP contribution in [0.4, 0.5) is 29.5 Å². The van der Waals surface area contributed by atoms with Gasteiger partial charge in [-0.3, -0.25) is 10.1 Å². The zero-order chi connectivity index (χ0) is 16.3. The summed E-state index contributed by atoms with van der Waals surface area (Å²) in [5.41, 5.74) is 4.27. The topological polar surface area (TPSA) is 113 Å². The third-order valence-electron chi connectivity index (χ3n) is 2.59. The molecule has 0 saturated heterocycles. The summed E-state index contributed by atoms with van der Waals surface area (Å²) in [5, 5.41) is 4.55. The number of carbonyl (C=O) groups excluding carboxylic acids is 2. The Morgan fingerprint density at radius 2 is 1.77 bits per heavy atom. The summed E-state index contributed by atoms with van der Waals surface area (Å²) in [4.78, 5) is 28.8. The van der Waals surface area contributed by atoms with E-state index in [4.69, 9.17) is 5.73 Å². The number of nitrogens with two attached hydrogens (primary N) is 1. The number of rotatable bonds is 3. The molecule has 22 heavy (non-hydrogen) atoms. The molecule has 0 bridgehead atoms. The Labute approximate surface area is 121 Å². The van der Waals surface area contributed by atoms with Crippen molar-refractivity contribution in [3.05, 3.63) is 41.9 Å². The molecule has 0 aliphatic carbocycles. The molecule has 1 aromatic heterocycles. The van der Waals surface area contributed by atoms with Gasteiger partial charge in [-0.05, 0) is 24.3 Å². The molecule has 10 heteroatoms. The van der Waals surface area contributed by atoms with Gasteiger partial charge in [0.2, 0.25) is 0 Å². The van der Waals surface area contributed by atoms with Crippen LogP contribution >= 0.6 is 0 Å². The molecule has 0 spiro atoms. The number of carbonyl (C=O) groups is 2. The van der Waals surface area contributed by atoms with Gasteiger partial charge >= 0.3 is 12.2 Å². The summed E-state index contributed by atoms with van der Waals surface area (Å²) in [5.74, 6) is -0.903. The molecule has 0 aliphatic rings. The highest BCUT2D eigenvalue weighted by Gasteiger charge is 2.30. The Morgan fingerprint density at radius 1 is 1.14 bits per heavy atom. The van der Waals surface area contributed by atoms with Gasteiger partial charge in [0.1, 0.15) is 5.69 Å². The lowest BCUT2D eigenvalue weighted by Gasteiger charge is -2.09.